The van der Waals surface area contributed by atoms with Crippen molar-refractivity contribution in [3.63, 3.8) is 0 Å². The minimum Gasteiger partial charge on any atom is -0.329 e. The second-order valence-electron chi connectivity index (χ2n) is 6.55. The number of hydrogen-bond acceptors (Lipinski definition) is 3. The summed E-state index contributed by atoms with van der Waals surface area (Å²) in [4.78, 5) is 4.98. The van der Waals surface area contributed by atoms with Gasteiger partial charge in [-0.05, 0) is 38.4 Å². The molecule has 0 aliphatic carbocycles. The fourth-order valence-electron chi connectivity index (χ4n) is 3.02. The van der Waals surface area contributed by atoms with Gasteiger partial charge in [-0.3, -0.25) is 9.80 Å². The molecule has 1 atom stereocenters. The minimum absolute atomic E-state index is 0.217. The Hall–Kier alpha value is -0.900. The van der Waals surface area contributed by atoms with Gasteiger partial charge in [0.1, 0.15) is 0 Å². The van der Waals surface area contributed by atoms with E-state index in [9.17, 15) is 0 Å². The Bertz CT molecular complexity index is 424. The molecule has 112 valence electrons. The number of piperazine rings is 1. The molecule has 0 radical (unpaired) electrons. The summed E-state index contributed by atoms with van der Waals surface area (Å²) < 4.78 is 0. The SMILES string of the molecule is CCc1ccc(C(CN)N2CCN(C)C(C)(C)C2)cc1. The highest BCUT2D eigenvalue weighted by atomic mass is 15.3. The number of nitrogens with zero attached hydrogens (tertiary/aromatic N) is 2. The fourth-order valence-corrected chi connectivity index (χ4v) is 3.02. The van der Waals surface area contributed by atoms with E-state index < -0.39 is 0 Å². The maximum Gasteiger partial charge on any atom is 0.0471 e. The van der Waals surface area contributed by atoms with Gasteiger partial charge in [-0.2, -0.15) is 0 Å². The lowest BCUT2D eigenvalue weighted by molar-refractivity contribution is 0.0180. The Morgan fingerprint density at radius 3 is 2.35 bits per heavy atom. The zero-order chi connectivity index (χ0) is 14.8. The number of hydrogen-bond donors (Lipinski definition) is 1. The summed E-state index contributed by atoms with van der Waals surface area (Å²) in [6.07, 6.45) is 1.09. The molecular formula is C17H29N3. The van der Waals surface area contributed by atoms with Crippen LogP contribution in [0.5, 0.6) is 0 Å². The average Bonchev–Trinajstić information content (AvgIpc) is 2.44. The van der Waals surface area contributed by atoms with Gasteiger partial charge in [-0.15, -0.1) is 0 Å². The van der Waals surface area contributed by atoms with Gasteiger partial charge in [-0.25, -0.2) is 0 Å². The van der Waals surface area contributed by atoms with E-state index in [1.165, 1.54) is 11.1 Å². The molecule has 2 N–H and O–H groups in total. The Morgan fingerprint density at radius 1 is 1.20 bits per heavy atom. The Morgan fingerprint density at radius 2 is 1.85 bits per heavy atom. The molecule has 0 saturated carbocycles. The lowest BCUT2D eigenvalue weighted by Crippen LogP contribution is -2.58. The van der Waals surface area contributed by atoms with Crippen LogP contribution in [0.15, 0.2) is 24.3 Å². The van der Waals surface area contributed by atoms with E-state index >= 15 is 0 Å². The van der Waals surface area contributed by atoms with Crippen molar-refractivity contribution in [2.45, 2.75) is 38.8 Å². The first-order chi connectivity index (χ1) is 9.47. The molecule has 1 aromatic carbocycles. The quantitative estimate of drug-likeness (QED) is 0.915. The van der Waals surface area contributed by atoms with Crippen molar-refractivity contribution in [3.05, 3.63) is 35.4 Å². The summed E-state index contributed by atoms with van der Waals surface area (Å²) in [6, 6.07) is 9.32. The normalized spacial score (nSPS) is 21.9. The Labute approximate surface area is 123 Å². The predicted molar refractivity (Wildman–Crippen MR) is 85.9 cm³/mol. The van der Waals surface area contributed by atoms with Crippen molar-refractivity contribution in [2.75, 3.05) is 33.2 Å². The summed E-state index contributed by atoms with van der Waals surface area (Å²) >= 11 is 0. The van der Waals surface area contributed by atoms with Crippen molar-refractivity contribution in [2.24, 2.45) is 5.73 Å². The molecular weight excluding hydrogens is 246 g/mol. The number of benzene rings is 1. The van der Waals surface area contributed by atoms with Crippen molar-refractivity contribution >= 4 is 0 Å². The predicted octanol–water partition coefficient (Wildman–Crippen LogP) is 2.27. The number of aryl methyl sites for hydroxylation is 1. The van der Waals surface area contributed by atoms with E-state index in [1.807, 2.05) is 0 Å². The molecule has 1 aromatic rings. The number of rotatable bonds is 4. The van der Waals surface area contributed by atoms with Gasteiger partial charge >= 0.3 is 0 Å². The molecule has 1 aliphatic heterocycles. The highest BCUT2D eigenvalue weighted by molar-refractivity contribution is 5.25. The summed E-state index contributed by atoms with van der Waals surface area (Å²) in [7, 11) is 2.21. The third-order valence-corrected chi connectivity index (χ3v) is 4.78. The molecule has 1 heterocycles. The first-order valence-electron chi connectivity index (χ1n) is 7.72. The van der Waals surface area contributed by atoms with Gasteiger partial charge in [0, 0.05) is 37.8 Å². The first-order valence-corrected chi connectivity index (χ1v) is 7.72. The van der Waals surface area contributed by atoms with Gasteiger partial charge < -0.3 is 5.73 Å². The summed E-state index contributed by atoms with van der Waals surface area (Å²) in [5.74, 6) is 0. The molecule has 3 nitrogen and oxygen atoms in total. The molecule has 0 spiro atoms. The van der Waals surface area contributed by atoms with Crippen LogP contribution in [-0.4, -0.2) is 48.6 Å². The van der Waals surface area contributed by atoms with Crippen LogP contribution in [0.2, 0.25) is 0 Å². The Balaban J connectivity index is 2.15. The first kappa shape index (κ1) is 15.5. The smallest absolute Gasteiger partial charge is 0.0471 e. The highest BCUT2D eigenvalue weighted by Gasteiger charge is 2.34. The van der Waals surface area contributed by atoms with Crippen LogP contribution in [-0.2, 0) is 6.42 Å². The van der Waals surface area contributed by atoms with Crippen LogP contribution in [0, 0.1) is 0 Å². The van der Waals surface area contributed by atoms with Crippen molar-refractivity contribution in [1.82, 2.24) is 9.80 Å². The van der Waals surface area contributed by atoms with Crippen LogP contribution >= 0.6 is 0 Å². The van der Waals surface area contributed by atoms with Gasteiger partial charge in [-0.1, -0.05) is 31.2 Å². The average molecular weight is 275 g/mol. The van der Waals surface area contributed by atoms with E-state index in [2.05, 4.69) is 61.9 Å². The molecule has 0 bridgehead atoms. The lowest BCUT2D eigenvalue weighted by atomic mass is 9.95. The van der Waals surface area contributed by atoms with Gasteiger partial charge in [0.15, 0.2) is 0 Å². The molecule has 20 heavy (non-hydrogen) atoms. The largest absolute Gasteiger partial charge is 0.329 e. The van der Waals surface area contributed by atoms with Crippen molar-refractivity contribution in [1.29, 1.82) is 0 Å². The van der Waals surface area contributed by atoms with E-state index in [0.29, 0.717) is 12.6 Å². The molecule has 1 unspecified atom stereocenters. The van der Waals surface area contributed by atoms with Crippen LogP contribution in [0.1, 0.15) is 37.9 Å². The topological polar surface area (TPSA) is 32.5 Å². The Kier molecular flexibility index (Phi) is 4.84. The maximum atomic E-state index is 6.07. The zero-order valence-corrected chi connectivity index (χ0v) is 13.4. The molecule has 0 aromatic heterocycles. The molecule has 0 amide bonds. The number of nitrogens with two attached hydrogens (primary N) is 1. The fraction of sp³-hybridized carbons (Fsp3) is 0.647. The zero-order valence-electron chi connectivity index (χ0n) is 13.4. The van der Waals surface area contributed by atoms with Crippen LogP contribution in [0.3, 0.4) is 0 Å². The maximum absolute atomic E-state index is 6.07. The summed E-state index contributed by atoms with van der Waals surface area (Å²) in [5, 5.41) is 0. The van der Waals surface area contributed by atoms with E-state index in [4.69, 9.17) is 5.73 Å². The second kappa shape index (κ2) is 6.25. The minimum atomic E-state index is 0.217. The van der Waals surface area contributed by atoms with E-state index in [0.717, 1.165) is 26.1 Å². The molecule has 1 saturated heterocycles. The lowest BCUT2D eigenvalue weighted by Gasteiger charge is -2.48. The number of likely N-dealkylation sites (N-methyl/N-ethyl adjacent to an activating group) is 1. The summed E-state index contributed by atoms with van der Waals surface area (Å²) in [6.45, 7) is 10.8. The van der Waals surface area contributed by atoms with Crippen LogP contribution in [0.4, 0.5) is 0 Å². The summed E-state index contributed by atoms with van der Waals surface area (Å²) in [5.41, 5.74) is 9.04. The second-order valence-corrected chi connectivity index (χ2v) is 6.55. The van der Waals surface area contributed by atoms with Gasteiger partial charge in [0.2, 0.25) is 0 Å². The molecule has 1 aliphatic rings. The van der Waals surface area contributed by atoms with Gasteiger partial charge in [0.25, 0.3) is 0 Å². The van der Waals surface area contributed by atoms with Crippen LogP contribution in [0.25, 0.3) is 0 Å². The monoisotopic (exact) mass is 275 g/mol. The molecule has 3 heteroatoms. The van der Waals surface area contributed by atoms with Crippen molar-refractivity contribution < 1.29 is 0 Å². The molecule has 1 fully saturated rings. The van der Waals surface area contributed by atoms with Crippen molar-refractivity contribution in [3.8, 4) is 0 Å². The van der Waals surface area contributed by atoms with E-state index in [-0.39, 0.29) is 5.54 Å². The van der Waals surface area contributed by atoms with Crippen LogP contribution < -0.4 is 5.73 Å². The van der Waals surface area contributed by atoms with Gasteiger partial charge in [0.05, 0.1) is 0 Å². The third kappa shape index (κ3) is 3.22. The third-order valence-electron chi connectivity index (χ3n) is 4.78. The standard InChI is InChI=1S/C17H29N3/c1-5-14-6-8-15(9-7-14)16(12-18)20-11-10-19(4)17(2,3)13-20/h6-9,16H,5,10-13,18H2,1-4H3. The highest BCUT2D eigenvalue weighted by Crippen LogP contribution is 2.27. The van der Waals surface area contributed by atoms with E-state index in [1.54, 1.807) is 0 Å². The molecule has 2 rings (SSSR count).